The minimum atomic E-state index is 0.110. The average Bonchev–Trinajstić information content (AvgIpc) is 3.25. The molecule has 0 aliphatic heterocycles. The van der Waals surface area contributed by atoms with Gasteiger partial charge in [-0.15, -0.1) is 0 Å². The van der Waals surface area contributed by atoms with Crippen LogP contribution in [0.3, 0.4) is 0 Å². The van der Waals surface area contributed by atoms with Crippen LogP contribution in [0.1, 0.15) is 33.7 Å². The van der Waals surface area contributed by atoms with E-state index in [-0.39, 0.29) is 5.92 Å². The summed E-state index contributed by atoms with van der Waals surface area (Å²) < 4.78 is 0. The van der Waals surface area contributed by atoms with E-state index in [1.54, 1.807) is 0 Å². The summed E-state index contributed by atoms with van der Waals surface area (Å²) in [6.45, 7) is 0. The second-order valence-electron chi connectivity index (χ2n) is 14.7. The van der Waals surface area contributed by atoms with Gasteiger partial charge in [-0.25, -0.2) is 0 Å². The summed E-state index contributed by atoms with van der Waals surface area (Å²) in [6, 6.07) is 64.8. The smallest absolute Gasteiger partial charge is 0.0358 e. The third kappa shape index (κ3) is 4.91. The Labute approximate surface area is 316 Å². The van der Waals surface area contributed by atoms with Gasteiger partial charge >= 0.3 is 0 Å². The van der Waals surface area contributed by atoms with E-state index in [1.807, 2.05) is 0 Å². The molecule has 0 heteroatoms. The molecule has 1 atom stereocenters. The van der Waals surface area contributed by atoms with Crippen LogP contribution >= 0.6 is 0 Å². The summed E-state index contributed by atoms with van der Waals surface area (Å²) in [5.74, 6) is 0.110. The van der Waals surface area contributed by atoms with E-state index in [2.05, 4.69) is 200 Å². The lowest BCUT2D eigenvalue weighted by molar-refractivity contribution is 0.904. The predicted octanol–water partition coefficient (Wildman–Crippen LogP) is 14.1. The molecule has 1 unspecified atom stereocenters. The molecule has 54 heavy (non-hydrogen) atoms. The van der Waals surface area contributed by atoms with Crippen LogP contribution in [0.15, 0.2) is 205 Å². The van der Waals surface area contributed by atoms with E-state index in [0.29, 0.717) is 0 Å². The molecule has 0 heterocycles. The van der Waals surface area contributed by atoms with Gasteiger partial charge in [0.05, 0.1) is 0 Å². The molecule has 0 spiro atoms. The first kappa shape index (κ1) is 30.8. The second-order valence-corrected chi connectivity index (χ2v) is 14.7. The molecule has 252 valence electrons. The maximum absolute atomic E-state index is 2.54. The summed E-state index contributed by atoms with van der Waals surface area (Å²) >= 11 is 0. The molecule has 8 aromatic carbocycles. The molecule has 0 saturated heterocycles. The maximum Gasteiger partial charge on any atom is 0.0358 e. The Bertz CT molecular complexity index is 2930. The molecule has 0 N–H and O–H groups in total. The molecule has 0 radical (unpaired) electrons. The van der Waals surface area contributed by atoms with Crippen molar-refractivity contribution in [2.45, 2.75) is 12.3 Å². The minimum absolute atomic E-state index is 0.110. The zero-order chi connectivity index (χ0) is 35.6. The lowest BCUT2D eigenvalue weighted by atomic mass is 9.63. The summed E-state index contributed by atoms with van der Waals surface area (Å²) in [7, 11) is 0. The van der Waals surface area contributed by atoms with Crippen molar-refractivity contribution in [2.75, 3.05) is 0 Å². The molecule has 3 aliphatic carbocycles. The Hall–Kier alpha value is -6.76. The molecule has 0 nitrogen and oxygen atoms in total. The Morgan fingerprint density at radius 3 is 1.72 bits per heavy atom. The number of rotatable bonds is 5. The molecule has 3 aliphatic rings. The highest BCUT2D eigenvalue weighted by Gasteiger charge is 2.38. The van der Waals surface area contributed by atoms with Gasteiger partial charge in [-0.05, 0) is 136 Å². The topological polar surface area (TPSA) is 0 Å². The van der Waals surface area contributed by atoms with E-state index >= 15 is 0 Å². The predicted molar refractivity (Wildman–Crippen MR) is 229 cm³/mol. The normalized spacial score (nSPS) is 15.6. The molecule has 0 aromatic heterocycles. The van der Waals surface area contributed by atoms with Gasteiger partial charge in [0.25, 0.3) is 0 Å². The van der Waals surface area contributed by atoms with E-state index in [4.69, 9.17) is 0 Å². The van der Waals surface area contributed by atoms with Crippen LogP contribution in [0.4, 0.5) is 0 Å². The van der Waals surface area contributed by atoms with Crippen molar-refractivity contribution in [1.29, 1.82) is 0 Å². The zero-order valence-corrected chi connectivity index (χ0v) is 29.8. The summed E-state index contributed by atoms with van der Waals surface area (Å²) in [5, 5.41) is 5.06. The molecular weight excluding hydrogens is 649 g/mol. The van der Waals surface area contributed by atoms with Gasteiger partial charge in [0.1, 0.15) is 0 Å². The highest BCUT2D eigenvalue weighted by atomic mass is 14.4. The van der Waals surface area contributed by atoms with Crippen LogP contribution < -0.4 is 0 Å². The second kappa shape index (κ2) is 12.4. The lowest BCUT2D eigenvalue weighted by Gasteiger charge is -2.39. The largest absolute Gasteiger partial charge is 0.0753 e. The number of hydrogen-bond donors (Lipinski definition) is 0. The first-order valence-electron chi connectivity index (χ1n) is 19.0. The summed E-state index contributed by atoms with van der Waals surface area (Å²) in [6.07, 6.45) is 10.7. The minimum Gasteiger partial charge on any atom is -0.0753 e. The van der Waals surface area contributed by atoms with Crippen LogP contribution in [0.2, 0.25) is 0 Å². The molecule has 11 rings (SSSR count). The van der Waals surface area contributed by atoms with Crippen molar-refractivity contribution < 1.29 is 0 Å². The highest BCUT2D eigenvalue weighted by molar-refractivity contribution is 6.03. The van der Waals surface area contributed by atoms with Gasteiger partial charge in [0, 0.05) is 5.92 Å². The summed E-state index contributed by atoms with van der Waals surface area (Å²) in [4.78, 5) is 0. The van der Waals surface area contributed by atoms with Gasteiger partial charge in [0.2, 0.25) is 0 Å². The molecule has 0 fully saturated rings. The van der Waals surface area contributed by atoms with E-state index in [0.717, 1.165) is 6.42 Å². The maximum atomic E-state index is 2.54. The van der Waals surface area contributed by atoms with Crippen molar-refractivity contribution in [2.24, 2.45) is 0 Å². The first-order valence-corrected chi connectivity index (χ1v) is 19.0. The Morgan fingerprint density at radius 2 is 1.00 bits per heavy atom. The highest BCUT2D eigenvalue weighted by Crippen LogP contribution is 2.57. The number of benzene rings is 8. The zero-order valence-electron chi connectivity index (χ0n) is 29.8. The fourth-order valence-corrected chi connectivity index (χ4v) is 9.29. The molecule has 0 amide bonds. The molecule has 0 bridgehead atoms. The fourth-order valence-electron chi connectivity index (χ4n) is 9.29. The van der Waals surface area contributed by atoms with Crippen LogP contribution in [0, 0.1) is 0 Å². The van der Waals surface area contributed by atoms with Gasteiger partial charge in [-0.3, -0.25) is 0 Å². The van der Waals surface area contributed by atoms with Gasteiger partial charge in [0.15, 0.2) is 0 Å². The van der Waals surface area contributed by atoms with Gasteiger partial charge in [-0.2, -0.15) is 0 Å². The van der Waals surface area contributed by atoms with Crippen LogP contribution in [0.5, 0.6) is 0 Å². The van der Waals surface area contributed by atoms with Crippen LogP contribution in [-0.2, 0) is 6.42 Å². The van der Waals surface area contributed by atoms with Crippen molar-refractivity contribution in [3.8, 4) is 33.4 Å². The molecule has 0 saturated carbocycles. The third-order valence-electron chi connectivity index (χ3n) is 11.8. The monoisotopic (exact) mass is 684 g/mol. The average molecular weight is 685 g/mol. The van der Waals surface area contributed by atoms with Gasteiger partial charge in [-0.1, -0.05) is 176 Å². The Kier molecular flexibility index (Phi) is 7.10. The van der Waals surface area contributed by atoms with Gasteiger partial charge < -0.3 is 0 Å². The standard InChI is InChI=1S/C54H36/c1-3-15-37(16-4-1)43-21-11-12-22-44(43)52-34-51(42-26-24-36-14-8-10-20-40(36)32-42)47-28-27-45-49(38-17-5-2-6-18-38)33-50(46-29-30-48(52)54(47)53(45)46)41-25-23-35-13-7-9-19-39(35)31-41/h1-29,31-34,53H,30H2. The van der Waals surface area contributed by atoms with Crippen LogP contribution in [0.25, 0.3) is 72.1 Å². The molecular formula is C54H36. The van der Waals surface area contributed by atoms with E-state index in [1.165, 1.54) is 105 Å². The Morgan fingerprint density at radius 1 is 0.407 bits per heavy atom. The van der Waals surface area contributed by atoms with Crippen molar-refractivity contribution in [3.63, 3.8) is 0 Å². The lowest BCUT2D eigenvalue weighted by Crippen LogP contribution is -2.22. The first-order chi connectivity index (χ1) is 26.8. The number of hydrogen-bond acceptors (Lipinski definition) is 0. The van der Waals surface area contributed by atoms with E-state index in [9.17, 15) is 0 Å². The number of allylic oxidation sites excluding steroid dienone is 7. The third-order valence-corrected chi connectivity index (χ3v) is 11.8. The summed E-state index contributed by atoms with van der Waals surface area (Å²) in [5.41, 5.74) is 19.8. The SMILES string of the molecule is C1=Cc2c(-c3ccc4ccccc4c3)cc(-c3ccccc3-c3ccccc3)c3c2C2C(=CC3)C(c3ccc4ccccc4c3)=CC(c3ccccc3)=C12. The van der Waals surface area contributed by atoms with E-state index < -0.39 is 0 Å². The van der Waals surface area contributed by atoms with Crippen molar-refractivity contribution in [3.05, 3.63) is 233 Å². The number of fused-ring (bicyclic) bond motifs is 2. The van der Waals surface area contributed by atoms with Crippen LogP contribution in [-0.4, -0.2) is 0 Å². The quantitative estimate of drug-likeness (QED) is 0.169. The fraction of sp³-hybridized carbons (Fsp3) is 0.0370. The van der Waals surface area contributed by atoms with Crippen molar-refractivity contribution in [1.82, 2.24) is 0 Å². The molecule has 8 aromatic rings. The Balaban J connectivity index is 1.21. The van der Waals surface area contributed by atoms with Crippen molar-refractivity contribution >= 4 is 38.8 Å².